The molecule has 4 heterocycles. The van der Waals surface area contributed by atoms with Crippen molar-refractivity contribution in [1.29, 1.82) is 0 Å². The molecule has 2 aliphatic heterocycles. The van der Waals surface area contributed by atoms with Gasteiger partial charge in [-0.1, -0.05) is 37.8 Å². The third kappa shape index (κ3) is 12.1. The number of rotatable bonds is 9. The number of carboxylic acid groups (broad SMARTS) is 1. The first-order valence-electron chi connectivity index (χ1n) is 19.7. The molecule has 0 unspecified atom stereocenters. The zero-order chi connectivity index (χ0) is 42.1. The molecule has 3 N–H and O–H groups in total. The second-order valence-electron chi connectivity index (χ2n) is 14.8. The normalized spacial score (nSPS) is 14.1. The Kier molecular flexibility index (Phi) is 17.6. The second-order valence-corrected chi connectivity index (χ2v) is 14.8. The van der Waals surface area contributed by atoms with E-state index in [9.17, 15) is 14.7 Å². The van der Waals surface area contributed by atoms with Gasteiger partial charge in [0.05, 0.1) is 31.2 Å². The molecule has 2 aromatic heterocycles. The molecular formula is C45H59LiN10O5. The van der Waals surface area contributed by atoms with Crippen LogP contribution >= 0.6 is 0 Å². The van der Waals surface area contributed by atoms with Crippen LogP contribution in [0.5, 0.6) is 11.5 Å². The first kappa shape index (κ1) is 48.1. The molecule has 6 aromatic rings. The van der Waals surface area contributed by atoms with Gasteiger partial charge >= 0.3 is 18.9 Å². The molecule has 15 nitrogen and oxygen atoms in total. The first-order valence-corrected chi connectivity index (χ1v) is 19.7. The number of carbonyl (C=O) groups is 2. The number of nitrogens with two attached hydrogens (primary N) is 1. The standard InChI is InChI=1S/C22H27N5O2.C14H18N4O2.C8H11NO.CH4.Li/c1-25-10-12-27(13-11-25)21-19-9-6-17(14-20(19)26(2)24-21)22(28)23-15-16-4-7-18(29-3)8-5-16;1-16-5-7-18(8-6-16)13-11-4-3-10(14(19)20)9-12(11)17(2)15-13;1-10-8-4-2-7(6-9)3-5-8;;/h4-9,14H,10-13,15H2,1-3H3,(H,23,28);3-4,9H,5-8H2,1-2H3,(H,19,20);2-5H,6,9H2,1H3;1H4;/q;;;;+1/p-1. The Balaban J connectivity index is 0.000000222. The zero-order valence-corrected chi connectivity index (χ0v) is 35.9. The van der Waals surface area contributed by atoms with E-state index in [0.29, 0.717) is 18.7 Å². The average Bonchev–Trinajstić information content (AvgIpc) is 3.78. The summed E-state index contributed by atoms with van der Waals surface area (Å²) in [7, 11) is 11.3. The number of fused-ring (bicyclic) bond motifs is 2. The number of ether oxygens (including phenoxy) is 2. The van der Waals surface area contributed by atoms with Crippen molar-refractivity contribution in [2.75, 3.05) is 90.5 Å². The van der Waals surface area contributed by atoms with Gasteiger partial charge in [-0.2, -0.15) is 10.2 Å². The second kappa shape index (κ2) is 22.3. The molecule has 320 valence electrons. The number of nitrogens with one attached hydrogen (secondary N) is 1. The van der Waals surface area contributed by atoms with Gasteiger partial charge in [0.1, 0.15) is 11.5 Å². The number of likely N-dealkylation sites (N-methyl/N-ethyl adjacent to an activating group) is 2. The topological polar surface area (TPSA) is 162 Å². The summed E-state index contributed by atoms with van der Waals surface area (Å²) in [6.45, 7) is 8.94. The van der Waals surface area contributed by atoms with E-state index in [4.69, 9.17) is 20.3 Å². The van der Waals surface area contributed by atoms with Gasteiger partial charge in [-0.25, -0.2) is 0 Å². The van der Waals surface area contributed by atoms with Crippen molar-refractivity contribution in [3.05, 3.63) is 107 Å². The van der Waals surface area contributed by atoms with Crippen LogP contribution in [0.2, 0.25) is 0 Å². The van der Waals surface area contributed by atoms with E-state index >= 15 is 0 Å². The first-order chi connectivity index (χ1) is 28.5. The van der Waals surface area contributed by atoms with Crippen LogP contribution in [-0.2, 0) is 27.2 Å². The minimum atomic E-state index is -1.16. The van der Waals surface area contributed by atoms with Gasteiger partial charge in [0.2, 0.25) is 0 Å². The molecule has 2 aliphatic rings. The number of aromatic carboxylic acids is 1. The summed E-state index contributed by atoms with van der Waals surface area (Å²) in [5.74, 6) is 2.36. The van der Waals surface area contributed by atoms with E-state index in [1.165, 1.54) is 0 Å². The maximum absolute atomic E-state index is 12.7. The maximum Gasteiger partial charge on any atom is 1.00 e. The number of methoxy groups -OCH3 is 2. The Hall–Kier alpha value is -5.56. The van der Waals surface area contributed by atoms with Crippen LogP contribution in [0.25, 0.3) is 21.8 Å². The van der Waals surface area contributed by atoms with Crippen LogP contribution in [0, 0.1) is 0 Å². The number of piperazine rings is 2. The van der Waals surface area contributed by atoms with Crippen molar-refractivity contribution in [2.45, 2.75) is 20.5 Å². The fraction of sp³-hybridized carbons (Fsp3) is 0.378. The fourth-order valence-corrected chi connectivity index (χ4v) is 7.04. The van der Waals surface area contributed by atoms with Crippen molar-refractivity contribution in [3.8, 4) is 11.5 Å². The quantitative estimate of drug-likeness (QED) is 0.197. The number of hydrogen-bond donors (Lipinski definition) is 2. The van der Waals surface area contributed by atoms with Gasteiger partial charge in [0, 0.05) is 95.9 Å². The number of aromatic nitrogens is 4. The number of hydrogen-bond acceptors (Lipinski definition) is 12. The van der Waals surface area contributed by atoms with Crippen LogP contribution in [-0.4, -0.2) is 122 Å². The van der Waals surface area contributed by atoms with Crippen LogP contribution in [0.4, 0.5) is 11.6 Å². The minimum absolute atomic E-state index is 0. The number of carboxylic acids is 1. The predicted molar refractivity (Wildman–Crippen MR) is 237 cm³/mol. The van der Waals surface area contributed by atoms with E-state index in [1.54, 1.807) is 31.0 Å². The Morgan fingerprint density at radius 1 is 0.639 bits per heavy atom. The van der Waals surface area contributed by atoms with Crippen LogP contribution in [0.3, 0.4) is 0 Å². The molecule has 61 heavy (non-hydrogen) atoms. The summed E-state index contributed by atoms with van der Waals surface area (Å²) in [6.07, 6.45) is 0. The molecule has 4 aromatic carbocycles. The number of anilines is 2. The van der Waals surface area contributed by atoms with E-state index in [0.717, 1.165) is 108 Å². The number of carbonyl (C=O) groups excluding carboxylic acids is 2. The number of amides is 1. The van der Waals surface area contributed by atoms with Crippen molar-refractivity contribution in [1.82, 2.24) is 34.7 Å². The molecule has 1 amide bonds. The molecule has 16 heteroatoms. The van der Waals surface area contributed by atoms with Gasteiger partial charge in [0.15, 0.2) is 11.6 Å². The van der Waals surface area contributed by atoms with Crippen LogP contribution < -0.4 is 54.3 Å². The number of benzene rings is 4. The molecule has 0 radical (unpaired) electrons. The van der Waals surface area contributed by atoms with Crippen LogP contribution in [0.15, 0.2) is 84.9 Å². The molecule has 0 bridgehead atoms. The van der Waals surface area contributed by atoms with Crippen molar-refractivity contribution >= 4 is 45.3 Å². The molecule has 0 saturated carbocycles. The summed E-state index contributed by atoms with van der Waals surface area (Å²) in [5, 5.41) is 25.3. The Labute approximate surface area is 371 Å². The van der Waals surface area contributed by atoms with Crippen molar-refractivity contribution in [3.63, 3.8) is 0 Å². The Morgan fingerprint density at radius 2 is 1.05 bits per heavy atom. The van der Waals surface area contributed by atoms with E-state index in [1.807, 2.05) is 91.6 Å². The zero-order valence-electron chi connectivity index (χ0n) is 35.9. The maximum atomic E-state index is 12.7. The molecule has 2 saturated heterocycles. The molecule has 0 atom stereocenters. The SMILES string of the molecule is C.CN1CCN(c2nn(C)c3cc(C(=O)[O-])ccc23)CC1.COc1ccc(CN)cc1.COc1ccc(CNC(=O)c2ccc3c(N4CCN(C)CC4)nn(C)c3c2)cc1.[Li+]. The predicted octanol–water partition coefficient (Wildman–Crippen LogP) is 0.746. The van der Waals surface area contributed by atoms with E-state index in [-0.39, 0.29) is 37.8 Å². The third-order valence-corrected chi connectivity index (χ3v) is 10.8. The Bertz CT molecular complexity index is 2310. The van der Waals surface area contributed by atoms with E-state index in [2.05, 4.69) is 44.1 Å². The molecule has 2 fully saturated rings. The van der Waals surface area contributed by atoms with Crippen molar-refractivity contribution in [2.24, 2.45) is 19.8 Å². The summed E-state index contributed by atoms with van der Waals surface area (Å²) in [4.78, 5) is 32.8. The molecule has 0 aliphatic carbocycles. The summed E-state index contributed by atoms with van der Waals surface area (Å²) in [5.41, 5.74) is 10.2. The number of aryl methyl sites for hydroxylation is 2. The Morgan fingerprint density at radius 3 is 1.46 bits per heavy atom. The van der Waals surface area contributed by atoms with Gasteiger partial charge in [-0.3, -0.25) is 14.2 Å². The average molecular weight is 827 g/mol. The van der Waals surface area contributed by atoms with Crippen molar-refractivity contribution < 1.29 is 43.0 Å². The van der Waals surface area contributed by atoms with Gasteiger partial charge in [-0.15, -0.1) is 0 Å². The van der Waals surface area contributed by atoms with Gasteiger partial charge < -0.3 is 50.0 Å². The van der Waals surface area contributed by atoms with Gasteiger partial charge in [-0.05, 0) is 85.4 Å². The third-order valence-electron chi connectivity index (χ3n) is 10.8. The summed E-state index contributed by atoms with van der Waals surface area (Å²) in [6, 6.07) is 26.2. The summed E-state index contributed by atoms with van der Waals surface area (Å²) >= 11 is 0. The van der Waals surface area contributed by atoms with Gasteiger partial charge in [0.25, 0.3) is 5.91 Å². The largest absolute Gasteiger partial charge is 1.00 e. The monoisotopic (exact) mass is 826 g/mol. The smallest absolute Gasteiger partial charge is 0.545 e. The van der Waals surface area contributed by atoms with E-state index < -0.39 is 5.97 Å². The molecular weight excluding hydrogens is 768 g/mol. The molecule has 8 rings (SSSR count). The minimum Gasteiger partial charge on any atom is -0.545 e. The molecule has 0 spiro atoms. The summed E-state index contributed by atoms with van der Waals surface area (Å²) < 4.78 is 13.7. The number of nitrogens with zero attached hydrogens (tertiary/aromatic N) is 8. The fourth-order valence-electron chi connectivity index (χ4n) is 7.04. The van der Waals surface area contributed by atoms with Crippen LogP contribution in [0.1, 0.15) is 39.3 Å².